The molecule has 2 aromatic carbocycles. The number of carbonyl (C=O) groups excluding carboxylic acids is 1. The van der Waals surface area contributed by atoms with Crippen molar-refractivity contribution in [2.45, 2.75) is 17.7 Å². The Bertz CT molecular complexity index is 1290. The maximum Gasteiger partial charge on any atom is 0.256 e. The number of carbonyl (C=O) groups is 1. The summed E-state index contributed by atoms with van der Waals surface area (Å²) in [5, 5.41) is 3.97. The molecule has 4 rings (SSSR count). The number of nitrogens with zero attached hydrogens (tertiary/aromatic N) is 1. The van der Waals surface area contributed by atoms with Crippen LogP contribution >= 0.6 is 0 Å². The largest absolute Gasteiger partial charge is 0.355 e. The van der Waals surface area contributed by atoms with E-state index < -0.39 is 10.0 Å². The average molecular weight is 439 g/mol. The molecule has 1 aliphatic heterocycles. The van der Waals surface area contributed by atoms with Crippen molar-refractivity contribution in [1.29, 1.82) is 0 Å². The first-order valence-corrected chi connectivity index (χ1v) is 11.6. The number of sulfonamides is 1. The summed E-state index contributed by atoms with van der Waals surface area (Å²) >= 11 is 0. The summed E-state index contributed by atoms with van der Waals surface area (Å²) in [6, 6.07) is 12.7. The topological polar surface area (TPSA) is 94.3 Å². The van der Waals surface area contributed by atoms with Gasteiger partial charge in [0.25, 0.3) is 5.91 Å². The first-order chi connectivity index (χ1) is 14.8. The van der Waals surface area contributed by atoms with Gasteiger partial charge in [-0.1, -0.05) is 18.2 Å². The molecule has 3 aromatic rings. The number of hydrogen-bond acceptors (Lipinski definition) is 4. The molecule has 1 aliphatic rings. The molecule has 0 saturated heterocycles. The molecular formula is C23H26N4O3S. The second-order valence-electron chi connectivity index (χ2n) is 7.90. The second kappa shape index (κ2) is 8.30. The van der Waals surface area contributed by atoms with Crippen LogP contribution in [0.2, 0.25) is 0 Å². The number of fused-ring (bicyclic) bond motifs is 2. The number of rotatable bonds is 7. The van der Waals surface area contributed by atoms with Crippen molar-refractivity contribution in [3.63, 3.8) is 0 Å². The lowest BCUT2D eigenvalue weighted by Crippen LogP contribution is -2.18. The highest BCUT2D eigenvalue weighted by Gasteiger charge is 2.27. The van der Waals surface area contributed by atoms with E-state index in [1.54, 1.807) is 12.1 Å². The molecule has 1 aromatic heterocycles. The van der Waals surface area contributed by atoms with Crippen molar-refractivity contribution >= 4 is 44.2 Å². The Hall–Kier alpha value is -2.94. The molecular weight excluding hydrogens is 412 g/mol. The summed E-state index contributed by atoms with van der Waals surface area (Å²) in [6.07, 6.45) is 3.68. The quantitative estimate of drug-likeness (QED) is 0.494. The number of nitrogens with one attached hydrogen (secondary N) is 3. The molecule has 7 nitrogen and oxygen atoms in total. The molecule has 0 unspecified atom stereocenters. The van der Waals surface area contributed by atoms with E-state index in [1.165, 1.54) is 13.1 Å². The van der Waals surface area contributed by atoms with Gasteiger partial charge in [-0.25, -0.2) is 13.1 Å². The molecule has 162 valence electrons. The third-order valence-corrected chi connectivity index (χ3v) is 6.93. The highest BCUT2D eigenvalue weighted by molar-refractivity contribution is 7.89. The second-order valence-corrected chi connectivity index (χ2v) is 9.78. The van der Waals surface area contributed by atoms with E-state index in [0.29, 0.717) is 16.8 Å². The van der Waals surface area contributed by atoms with Crippen LogP contribution < -0.4 is 10.0 Å². The first-order valence-electron chi connectivity index (χ1n) is 10.2. The summed E-state index contributed by atoms with van der Waals surface area (Å²) in [4.78, 5) is 18.4. The minimum atomic E-state index is -3.61. The molecule has 2 heterocycles. The van der Waals surface area contributed by atoms with Gasteiger partial charge in [-0.3, -0.25) is 4.79 Å². The van der Waals surface area contributed by atoms with Crippen molar-refractivity contribution < 1.29 is 13.2 Å². The zero-order valence-corrected chi connectivity index (χ0v) is 18.6. The van der Waals surface area contributed by atoms with Gasteiger partial charge >= 0.3 is 0 Å². The number of H-pyrrole nitrogens is 1. The van der Waals surface area contributed by atoms with Crippen LogP contribution in [-0.4, -0.2) is 51.9 Å². The molecule has 0 saturated carbocycles. The van der Waals surface area contributed by atoms with E-state index >= 15 is 0 Å². The normalized spacial score (nSPS) is 15.1. The van der Waals surface area contributed by atoms with Crippen molar-refractivity contribution in [3.05, 3.63) is 59.3 Å². The lowest BCUT2D eigenvalue weighted by molar-refractivity contribution is -0.110. The van der Waals surface area contributed by atoms with Crippen molar-refractivity contribution in [2.24, 2.45) is 0 Å². The van der Waals surface area contributed by atoms with Crippen LogP contribution in [0.3, 0.4) is 0 Å². The molecule has 1 amide bonds. The number of anilines is 1. The minimum Gasteiger partial charge on any atom is -0.355 e. The summed E-state index contributed by atoms with van der Waals surface area (Å²) < 4.78 is 26.8. The maximum absolute atomic E-state index is 12.7. The third-order valence-electron chi connectivity index (χ3n) is 5.52. The van der Waals surface area contributed by atoms with E-state index in [9.17, 15) is 13.2 Å². The van der Waals surface area contributed by atoms with Gasteiger partial charge in [0.2, 0.25) is 10.0 Å². The summed E-state index contributed by atoms with van der Waals surface area (Å²) in [5.74, 6) is -0.244. The standard InChI is InChI=1S/C23H26N4O3S/c1-24-31(29,30)15-10-11-21-18(13-15)19(23(28)26-21)14-22-17(8-6-12-27(2)3)16-7-4-5-9-20(16)25-22/h4-5,7,9-11,13-14,24-25H,6,8,12H2,1-3H3,(H,26,28). The zero-order valence-electron chi connectivity index (χ0n) is 17.8. The fourth-order valence-electron chi connectivity index (χ4n) is 3.93. The van der Waals surface area contributed by atoms with Gasteiger partial charge in [0.15, 0.2) is 0 Å². The van der Waals surface area contributed by atoms with Crippen LogP contribution in [0.25, 0.3) is 22.6 Å². The highest BCUT2D eigenvalue weighted by atomic mass is 32.2. The number of benzene rings is 2. The van der Waals surface area contributed by atoms with E-state index in [1.807, 2.05) is 24.3 Å². The van der Waals surface area contributed by atoms with Gasteiger partial charge in [0.05, 0.1) is 10.5 Å². The van der Waals surface area contributed by atoms with Gasteiger partial charge in [0, 0.05) is 27.8 Å². The Morgan fingerprint density at radius 3 is 2.65 bits per heavy atom. The lowest BCUT2D eigenvalue weighted by Gasteiger charge is -2.09. The van der Waals surface area contributed by atoms with Gasteiger partial charge in [-0.15, -0.1) is 0 Å². The Labute approximate surface area is 182 Å². The van der Waals surface area contributed by atoms with Crippen LogP contribution in [0, 0.1) is 0 Å². The van der Waals surface area contributed by atoms with Crippen LogP contribution in [0.15, 0.2) is 47.4 Å². The van der Waals surface area contributed by atoms with Crippen LogP contribution in [0.1, 0.15) is 23.2 Å². The molecule has 3 N–H and O–H groups in total. The minimum absolute atomic E-state index is 0.124. The van der Waals surface area contributed by atoms with Crippen molar-refractivity contribution in [2.75, 3.05) is 33.0 Å². The molecule has 0 aliphatic carbocycles. The summed E-state index contributed by atoms with van der Waals surface area (Å²) in [5.41, 5.74) is 4.68. The molecule has 0 atom stereocenters. The number of hydrogen-bond donors (Lipinski definition) is 3. The van der Waals surface area contributed by atoms with Gasteiger partial charge in [-0.05, 0) is 76.4 Å². The smallest absolute Gasteiger partial charge is 0.256 e. The Kier molecular flexibility index (Phi) is 5.70. The van der Waals surface area contributed by atoms with Gasteiger partial charge in [-0.2, -0.15) is 0 Å². The average Bonchev–Trinajstić information content (AvgIpc) is 3.25. The molecule has 0 fully saturated rings. The summed E-state index contributed by atoms with van der Waals surface area (Å²) in [7, 11) is 1.86. The molecule has 8 heteroatoms. The molecule has 0 bridgehead atoms. The highest BCUT2D eigenvalue weighted by Crippen LogP contribution is 2.36. The fourth-order valence-corrected chi connectivity index (χ4v) is 4.68. The maximum atomic E-state index is 12.7. The molecule has 0 radical (unpaired) electrons. The SMILES string of the molecule is CNS(=O)(=O)c1ccc2c(c1)C(=Cc1[nH]c3ccccc3c1CCCN(C)C)C(=O)N2. The van der Waals surface area contributed by atoms with Crippen LogP contribution in [0.4, 0.5) is 5.69 Å². The zero-order chi connectivity index (χ0) is 22.2. The predicted molar refractivity (Wildman–Crippen MR) is 124 cm³/mol. The van der Waals surface area contributed by atoms with E-state index in [4.69, 9.17) is 0 Å². The molecule has 31 heavy (non-hydrogen) atoms. The van der Waals surface area contributed by atoms with Crippen molar-refractivity contribution in [3.8, 4) is 0 Å². The monoisotopic (exact) mass is 438 g/mol. The van der Waals surface area contributed by atoms with Gasteiger partial charge in [0.1, 0.15) is 0 Å². The Morgan fingerprint density at radius 1 is 1.13 bits per heavy atom. The van der Waals surface area contributed by atoms with E-state index in [0.717, 1.165) is 41.5 Å². The number of aryl methyl sites for hydroxylation is 1. The Morgan fingerprint density at radius 2 is 1.90 bits per heavy atom. The number of para-hydroxylation sites is 1. The molecule has 0 spiro atoms. The van der Waals surface area contributed by atoms with E-state index in [-0.39, 0.29) is 10.8 Å². The fraction of sp³-hybridized carbons (Fsp3) is 0.261. The van der Waals surface area contributed by atoms with Crippen LogP contribution in [-0.2, 0) is 21.2 Å². The van der Waals surface area contributed by atoms with Crippen molar-refractivity contribution in [1.82, 2.24) is 14.6 Å². The predicted octanol–water partition coefficient (Wildman–Crippen LogP) is 3.06. The van der Waals surface area contributed by atoms with Gasteiger partial charge < -0.3 is 15.2 Å². The number of aromatic amines is 1. The van der Waals surface area contributed by atoms with E-state index in [2.05, 4.69) is 40.1 Å². The number of amides is 1. The first kappa shape index (κ1) is 21.3. The number of aromatic nitrogens is 1. The lowest BCUT2D eigenvalue weighted by atomic mass is 10.0. The Balaban J connectivity index is 1.81. The summed E-state index contributed by atoms with van der Waals surface area (Å²) in [6.45, 7) is 0.962. The third kappa shape index (κ3) is 4.14. The van der Waals surface area contributed by atoms with Crippen LogP contribution in [0.5, 0.6) is 0 Å².